The van der Waals surface area contributed by atoms with Crippen LogP contribution in [-0.4, -0.2) is 5.11 Å². The summed E-state index contributed by atoms with van der Waals surface area (Å²) in [6.07, 6.45) is 6.80. The second kappa shape index (κ2) is 6.17. The minimum Gasteiger partial charge on any atom is -0.388 e. The van der Waals surface area contributed by atoms with Crippen LogP contribution in [0.4, 0.5) is 0 Å². The molecule has 1 aromatic rings. The molecule has 1 nitrogen and oxygen atoms in total. The monoisotopic (exact) mass is 286 g/mol. The van der Waals surface area contributed by atoms with E-state index in [1.807, 2.05) is 6.07 Å². The summed E-state index contributed by atoms with van der Waals surface area (Å²) in [5, 5.41) is 10.5. The molecule has 0 radical (unpaired) electrons. The highest BCUT2D eigenvalue weighted by Gasteiger charge is 2.11. The molecule has 0 heterocycles. The Labute approximate surface area is 104 Å². The Hall–Kier alpha value is -0.490. The molecular weight excluding hydrogens is 275 g/mol. The van der Waals surface area contributed by atoms with E-state index in [1.165, 1.54) is 0 Å². The van der Waals surface area contributed by atoms with Gasteiger partial charge in [-0.1, -0.05) is 27.5 Å². The summed E-state index contributed by atoms with van der Waals surface area (Å²) in [5.74, 6) is 2.55. The van der Waals surface area contributed by atoms with Crippen LogP contribution in [0, 0.1) is 12.3 Å². The topological polar surface area (TPSA) is 20.2 Å². The molecule has 1 aromatic carbocycles. The lowest BCUT2D eigenvalue weighted by Crippen LogP contribution is -1.98. The van der Waals surface area contributed by atoms with Gasteiger partial charge in [-0.3, -0.25) is 0 Å². The highest BCUT2D eigenvalue weighted by atomic mass is 79.9. The first-order valence-electron chi connectivity index (χ1n) is 4.71. The maximum Gasteiger partial charge on any atom is 0.0801 e. The third kappa shape index (κ3) is 3.87. The Bertz CT molecular complexity index is 370. The number of aliphatic hydroxyl groups is 1. The zero-order valence-corrected chi connectivity index (χ0v) is 10.6. The Morgan fingerprint density at radius 1 is 1.53 bits per heavy atom. The number of rotatable bonds is 4. The van der Waals surface area contributed by atoms with Crippen LogP contribution < -0.4 is 0 Å². The van der Waals surface area contributed by atoms with Gasteiger partial charge in [-0.05, 0) is 36.6 Å². The van der Waals surface area contributed by atoms with E-state index in [0.717, 1.165) is 16.5 Å². The molecule has 0 spiro atoms. The molecule has 80 valence electrons. The zero-order chi connectivity index (χ0) is 11.3. The van der Waals surface area contributed by atoms with Crippen LogP contribution in [0.3, 0.4) is 0 Å². The molecule has 0 amide bonds. The van der Waals surface area contributed by atoms with Crippen LogP contribution in [0.25, 0.3) is 0 Å². The summed E-state index contributed by atoms with van der Waals surface area (Å²) in [4.78, 5) is 0. The Balaban J connectivity index is 2.69. The Morgan fingerprint density at radius 3 is 2.93 bits per heavy atom. The molecule has 0 aliphatic rings. The van der Waals surface area contributed by atoms with Crippen molar-refractivity contribution in [3.8, 4) is 12.3 Å². The van der Waals surface area contributed by atoms with Gasteiger partial charge in [-0.2, -0.15) is 0 Å². The lowest BCUT2D eigenvalue weighted by Gasteiger charge is -2.12. The second-order valence-electron chi connectivity index (χ2n) is 3.28. The molecule has 0 fully saturated rings. The molecule has 1 N–H and O–H groups in total. The summed E-state index contributed by atoms with van der Waals surface area (Å²) in [6.45, 7) is 0. The standard InChI is InChI=1S/C12H12BrClO/c1-2-3-4-5-12(15)10-8-9(14)6-7-11(10)13/h1,6-8,12,15H,3-5H2. The van der Waals surface area contributed by atoms with Crippen molar-refractivity contribution in [2.45, 2.75) is 25.4 Å². The Kier molecular flexibility index (Phi) is 5.17. The average molecular weight is 288 g/mol. The maximum absolute atomic E-state index is 9.90. The van der Waals surface area contributed by atoms with E-state index in [9.17, 15) is 5.11 Å². The summed E-state index contributed by atoms with van der Waals surface area (Å²) >= 11 is 9.24. The molecule has 0 aliphatic carbocycles. The zero-order valence-electron chi connectivity index (χ0n) is 8.21. The van der Waals surface area contributed by atoms with Gasteiger partial charge in [0.1, 0.15) is 0 Å². The first-order valence-corrected chi connectivity index (χ1v) is 5.88. The van der Waals surface area contributed by atoms with E-state index in [4.69, 9.17) is 18.0 Å². The molecule has 0 aliphatic heterocycles. The normalized spacial score (nSPS) is 12.1. The highest BCUT2D eigenvalue weighted by Crippen LogP contribution is 2.29. The maximum atomic E-state index is 9.90. The predicted octanol–water partition coefficient (Wildman–Crippen LogP) is 3.94. The number of halogens is 2. The van der Waals surface area contributed by atoms with Gasteiger partial charge >= 0.3 is 0 Å². The summed E-state index contributed by atoms with van der Waals surface area (Å²) in [7, 11) is 0. The van der Waals surface area contributed by atoms with Crippen molar-refractivity contribution in [3.05, 3.63) is 33.3 Å². The first kappa shape index (κ1) is 12.6. The molecule has 0 bridgehead atoms. The molecule has 0 aromatic heterocycles. The van der Waals surface area contributed by atoms with Crippen LogP contribution in [0.5, 0.6) is 0 Å². The lowest BCUT2D eigenvalue weighted by atomic mass is 10.0. The number of benzene rings is 1. The fraction of sp³-hybridized carbons (Fsp3) is 0.333. The average Bonchev–Trinajstić information content (AvgIpc) is 2.22. The van der Waals surface area contributed by atoms with E-state index < -0.39 is 6.10 Å². The fourth-order valence-corrected chi connectivity index (χ4v) is 2.01. The summed E-state index contributed by atoms with van der Waals surface area (Å²) < 4.78 is 0.875. The van der Waals surface area contributed by atoms with Crippen molar-refractivity contribution in [2.75, 3.05) is 0 Å². The molecule has 1 rings (SSSR count). The molecule has 0 saturated carbocycles. The summed E-state index contributed by atoms with van der Waals surface area (Å²) in [6, 6.07) is 5.39. The van der Waals surface area contributed by atoms with Crippen molar-refractivity contribution in [3.63, 3.8) is 0 Å². The van der Waals surface area contributed by atoms with Crippen LogP contribution in [-0.2, 0) is 0 Å². The van der Waals surface area contributed by atoms with Crippen molar-refractivity contribution in [1.82, 2.24) is 0 Å². The third-order valence-corrected chi connectivity index (χ3v) is 3.07. The summed E-state index contributed by atoms with van der Waals surface area (Å²) in [5.41, 5.74) is 0.819. The van der Waals surface area contributed by atoms with Gasteiger partial charge in [0.15, 0.2) is 0 Å². The van der Waals surface area contributed by atoms with Gasteiger partial charge in [0, 0.05) is 15.9 Å². The van der Waals surface area contributed by atoms with E-state index >= 15 is 0 Å². The van der Waals surface area contributed by atoms with Crippen molar-refractivity contribution < 1.29 is 5.11 Å². The number of terminal acetylenes is 1. The quantitative estimate of drug-likeness (QED) is 0.657. The van der Waals surface area contributed by atoms with Crippen LogP contribution in [0.2, 0.25) is 5.02 Å². The van der Waals surface area contributed by atoms with Gasteiger partial charge in [0.2, 0.25) is 0 Å². The molecule has 1 unspecified atom stereocenters. The third-order valence-electron chi connectivity index (χ3n) is 2.12. The first-order chi connectivity index (χ1) is 7.15. The van der Waals surface area contributed by atoms with Crippen LogP contribution >= 0.6 is 27.5 Å². The minimum atomic E-state index is -0.508. The van der Waals surface area contributed by atoms with Gasteiger partial charge in [-0.15, -0.1) is 12.3 Å². The largest absolute Gasteiger partial charge is 0.388 e. The number of unbranched alkanes of at least 4 members (excludes halogenated alkanes) is 1. The highest BCUT2D eigenvalue weighted by molar-refractivity contribution is 9.10. The lowest BCUT2D eigenvalue weighted by molar-refractivity contribution is 0.164. The van der Waals surface area contributed by atoms with E-state index in [1.54, 1.807) is 12.1 Å². The minimum absolute atomic E-state index is 0.508. The number of hydrogen-bond acceptors (Lipinski definition) is 1. The van der Waals surface area contributed by atoms with Crippen molar-refractivity contribution >= 4 is 27.5 Å². The van der Waals surface area contributed by atoms with Gasteiger partial charge < -0.3 is 5.11 Å². The smallest absolute Gasteiger partial charge is 0.0801 e. The fourth-order valence-electron chi connectivity index (χ4n) is 1.32. The predicted molar refractivity (Wildman–Crippen MR) is 66.8 cm³/mol. The molecule has 1 atom stereocenters. The van der Waals surface area contributed by atoms with Gasteiger partial charge in [0.25, 0.3) is 0 Å². The van der Waals surface area contributed by atoms with Crippen molar-refractivity contribution in [1.29, 1.82) is 0 Å². The van der Waals surface area contributed by atoms with Crippen molar-refractivity contribution in [2.24, 2.45) is 0 Å². The van der Waals surface area contributed by atoms with E-state index in [0.29, 0.717) is 17.9 Å². The number of hydrogen-bond donors (Lipinski definition) is 1. The molecule has 0 saturated heterocycles. The van der Waals surface area contributed by atoms with Crippen LogP contribution in [0.1, 0.15) is 30.9 Å². The molecule has 3 heteroatoms. The Morgan fingerprint density at radius 2 is 2.27 bits per heavy atom. The van der Waals surface area contributed by atoms with E-state index in [2.05, 4.69) is 21.9 Å². The molecule has 15 heavy (non-hydrogen) atoms. The van der Waals surface area contributed by atoms with Gasteiger partial charge in [0.05, 0.1) is 6.10 Å². The molecular formula is C12H12BrClO. The SMILES string of the molecule is C#CCCCC(O)c1cc(Cl)ccc1Br. The van der Waals surface area contributed by atoms with Gasteiger partial charge in [-0.25, -0.2) is 0 Å². The number of aliphatic hydroxyl groups excluding tert-OH is 1. The van der Waals surface area contributed by atoms with E-state index in [-0.39, 0.29) is 0 Å². The second-order valence-corrected chi connectivity index (χ2v) is 4.57. The van der Waals surface area contributed by atoms with Crippen LogP contribution in [0.15, 0.2) is 22.7 Å².